The standard InChI is InChI=1S/C33H24ClN5O6S2/c1-3-45-31(41)27-28(19-8-5-4-6-9-19)37-33-38(29(27)23-18-21(34)10-12-24(23)44-2)30(40)26(47-33)17-20-16-22(39(42)43)11-13-25(20)46-32-35-14-7-15-36-32/h4-18,29H,3H2,1-2H3/b26-17-/t29-/m0/s1. The molecule has 1 aliphatic heterocycles. The molecule has 1 aliphatic rings. The summed E-state index contributed by atoms with van der Waals surface area (Å²) < 4.78 is 12.8. The number of ether oxygens (including phenoxy) is 2. The number of aromatic nitrogens is 3. The number of rotatable bonds is 9. The summed E-state index contributed by atoms with van der Waals surface area (Å²) in [5, 5.41) is 12.5. The van der Waals surface area contributed by atoms with Crippen LogP contribution in [-0.4, -0.2) is 39.1 Å². The molecule has 1 atom stereocenters. The van der Waals surface area contributed by atoms with Gasteiger partial charge in [-0.15, -0.1) is 0 Å². The average molecular weight is 686 g/mol. The number of carbonyl (C=O) groups excluding carboxylic acids is 1. The minimum Gasteiger partial charge on any atom is -0.496 e. The minimum atomic E-state index is -1.03. The number of halogens is 1. The second kappa shape index (κ2) is 13.7. The Kier molecular flexibility index (Phi) is 9.29. The monoisotopic (exact) mass is 685 g/mol. The maximum absolute atomic E-state index is 14.4. The van der Waals surface area contributed by atoms with Crippen molar-refractivity contribution in [1.29, 1.82) is 0 Å². The molecular formula is C33H24ClN5O6S2. The Morgan fingerprint density at radius 3 is 2.57 bits per heavy atom. The SMILES string of the molecule is CCOC(=O)C1=C(c2ccccc2)N=c2s/c(=C\c3cc([N+](=O)[O-])ccc3Sc3ncccn3)c(=O)n2[C@H]1c1cc(Cl)ccc1OC. The van der Waals surface area contributed by atoms with E-state index in [9.17, 15) is 19.7 Å². The molecule has 0 fully saturated rings. The van der Waals surface area contributed by atoms with Gasteiger partial charge < -0.3 is 9.47 Å². The van der Waals surface area contributed by atoms with Crippen LogP contribution in [0.2, 0.25) is 5.02 Å². The first kappa shape index (κ1) is 31.9. The van der Waals surface area contributed by atoms with E-state index in [1.807, 2.05) is 30.3 Å². The van der Waals surface area contributed by atoms with E-state index in [-0.39, 0.29) is 22.4 Å². The third kappa shape index (κ3) is 6.45. The second-order valence-corrected chi connectivity index (χ2v) is 12.4. The number of benzene rings is 3. The summed E-state index contributed by atoms with van der Waals surface area (Å²) in [5.41, 5.74) is 1.33. The van der Waals surface area contributed by atoms with Crippen molar-refractivity contribution in [3.8, 4) is 5.75 Å². The van der Waals surface area contributed by atoms with Gasteiger partial charge in [0.2, 0.25) is 0 Å². The van der Waals surface area contributed by atoms with E-state index in [0.717, 1.165) is 11.3 Å². The number of nitro benzene ring substituents is 1. The predicted octanol–water partition coefficient (Wildman–Crippen LogP) is 5.45. The predicted molar refractivity (Wildman–Crippen MR) is 178 cm³/mol. The number of esters is 1. The number of nitrogens with zero attached hydrogens (tertiary/aromatic N) is 5. The number of nitro groups is 1. The Morgan fingerprint density at radius 1 is 1.11 bits per heavy atom. The molecule has 0 spiro atoms. The summed E-state index contributed by atoms with van der Waals surface area (Å²) in [4.78, 5) is 53.6. The van der Waals surface area contributed by atoms with Gasteiger partial charge in [0.05, 0.1) is 34.4 Å². The van der Waals surface area contributed by atoms with E-state index in [4.69, 9.17) is 26.1 Å². The molecule has 0 amide bonds. The van der Waals surface area contributed by atoms with Gasteiger partial charge in [0, 0.05) is 45.6 Å². The largest absolute Gasteiger partial charge is 0.496 e. The van der Waals surface area contributed by atoms with Gasteiger partial charge in [0.1, 0.15) is 11.8 Å². The molecular weight excluding hydrogens is 662 g/mol. The van der Waals surface area contributed by atoms with E-state index >= 15 is 0 Å². The van der Waals surface area contributed by atoms with Gasteiger partial charge in [-0.1, -0.05) is 53.3 Å². The summed E-state index contributed by atoms with van der Waals surface area (Å²) >= 11 is 8.76. The Balaban J connectivity index is 1.65. The molecule has 0 unspecified atom stereocenters. The molecule has 6 rings (SSSR count). The molecule has 2 aromatic heterocycles. The molecule has 0 saturated heterocycles. The Hall–Kier alpha value is -5.11. The fourth-order valence-corrected chi connectivity index (χ4v) is 7.05. The topological polar surface area (TPSA) is 139 Å². The third-order valence-corrected chi connectivity index (χ3v) is 9.30. The van der Waals surface area contributed by atoms with Crippen molar-refractivity contribution in [2.75, 3.05) is 13.7 Å². The van der Waals surface area contributed by atoms with Crippen molar-refractivity contribution in [3.05, 3.63) is 142 Å². The van der Waals surface area contributed by atoms with E-state index in [0.29, 0.717) is 48.0 Å². The van der Waals surface area contributed by atoms with Crippen LogP contribution in [0.25, 0.3) is 11.8 Å². The van der Waals surface area contributed by atoms with Crippen molar-refractivity contribution in [1.82, 2.24) is 14.5 Å². The number of fused-ring (bicyclic) bond motifs is 1. The van der Waals surface area contributed by atoms with Gasteiger partial charge in [0.25, 0.3) is 11.2 Å². The average Bonchev–Trinajstić information content (AvgIpc) is 3.39. The van der Waals surface area contributed by atoms with E-state index in [1.54, 1.807) is 55.7 Å². The summed E-state index contributed by atoms with van der Waals surface area (Å²) in [5.74, 6) is -0.262. The van der Waals surface area contributed by atoms with Crippen LogP contribution >= 0.6 is 34.7 Å². The first-order valence-electron chi connectivity index (χ1n) is 14.1. The Morgan fingerprint density at radius 2 is 1.87 bits per heavy atom. The van der Waals surface area contributed by atoms with Gasteiger partial charge in [-0.3, -0.25) is 19.5 Å². The highest BCUT2D eigenvalue weighted by atomic mass is 35.5. The number of methoxy groups -OCH3 is 1. The minimum absolute atomic E-state index is 0.0899. The van der Waals surface area contributed by atoms with Crippen LogP contribution < -0.4 is 19.6 Å². The van der Waals surface area contributed by atoms with Gasteiger partial charge in [-0.2, -0.15) is 0 Å². The summed E-state index contributed by atoms with van der Waals surface area (Å²) in [7, 11) is 1.49. The van der Waals surface area contributed by atoms with Crippen molar-refractivity contribution < 1.29 is 19.2 Å². The van der Waals surface area contributed by atoms with Gasteiger partial charge in [0.15, 0.2) is 9.96 Å². The third-order valence-electron chi connectivity index (χ3n) is 7.09. The number of hydrogen-bond acceptors (Lipinski definition) is 11. The van der Waals surface area contributed by atoms with Crippen LogP contribution in [0.15, 0.2) is 111 Å². The maximum Gasteiger partial charge on any atom is 0.338 e. The van der Waals surface area contributed by atoms with Crippen LogP contribution in [0.5, 0.6) is 5.75 Å². The zero-order valence-corrected chi connectivity index (χ0v) is 27.2. The molecule has 0 radical (unpaired) electrons. The van der Waals surface area contributed by atoms with E-state index < -0.39 is 22.5 Å². The van der Waals surface area contributed by atoms with Crippen molar-refractivity contribution >= 4 is 58.1 Å². The molecule has 0 bridgehead atoms. The zero-order chi connectivity index (χ0) is 33.1. The fourth-order valence-electron chi connectivity index (χ4n) is 5.09. The lowest BCUT2D eigenvalue weighted by Crippen LogP contribution is -2.40. The molecule has 5 aromatic rings. The highest BCUT2D eigenvalue weighted by Crippen LogP contribution is 2.40. The smallest absolute Gasteiger partial charge is 0.338 e. The normalized spacial score (nSPS) is 14.4. The van der Waals surface area contributed by atoms with E-state index in [2.05, 4.69) is 9.97 Å². The molecule has 3 aromatic carbocycles. The molecule has 236 valence electrons. The zero-order valence-electron chi connectivity index (χ0n) is 24.8. The highest BCUT2D eigenvalue weighted by Gasteiger charge is 2.37. The van der Waals surface area contributed by atoms with Crippen LogP contribution in [0.3, 0.4) is 0 Å². The molecule has 0 saturated carbocycles. The van der Waals surface area contributed by atoms with Gasteiger partial charge >= 0.3 is 5.97 Å². The summed E-state index contributed by atoms with van der Waals surface area (Å²) in [6.45, 7) is 1.78. The maximum atomic E-state index is 14.4. The highest BCUT2D eigenvalue weighted by molar-refractivity contribution is 7.99. The Labute approximate surface area is 280 Å². The summed E-state index contributed by atoms with van der Waals surface area (Å²) in [6, 6.07) is 19.1. The molecule has 11 nitrogen and oxygen atoms in total. The lowest BCUT2D eigenvalue weighted by Gasteiger charge is -2.27. The van der Waals surface area contributed by atoms with Crippen molar-refractivity contribution in [2.45, 2.75) is 23.0 Å². The van der Waals surface area contributed by atoms with Crippen LogP contribution in [0.4, 0.5) is 5.69 Å². The lowest BCUT2D eigenvalue weighted by molar-refractivity contribution is -0.384. The first-order valence-corrected chi connectivity index (χ1v) is 16.2. The fraction of sp³-hybridized carbons (Fsp3) is 0.121. The molecule has 0 N–H and O–H groups in total. The summed E-state index contributed by atoms with van der Waals surface area (Å²) in [6.07, 6.45) is 4.76. The number of hydrogen-bond donors (Lipinski definition) is 0. The Bertz CT molecular complexity index is 2220. The second-order valence-electron chi connectivity index (χ2n) is 9.93. The first-order chi connectivity index (χ1) is 22.8. The van der Waals surface area contributed by atoms with Crippen LogP contribution in [-0.2, 0) is 9.53 Å². The lowest BCUT2D eigenvalue weighted by atomic mass is 9.92. The van der Waals surface area contributed by atoms with Crippen molar-refractivity contribution in [3.63, 3.8) is 0 Å². The molecule has 0 aliphatic carbocycles. The van der Waals surface area contributed by atoms with Crippen LogP contribution in [0.1, 0.15) is 29.7 Å². The van der Waals surface area contributed by atoms with E-state index in [1.165, 1.54) is 35.6 Å². The van der Waals surface area contributed by atoms with Crippen LogP contribution in [0, 0.1) is 10.1 Å². The van der Waals surface area contributed by atoms with Gasteiger partial charge in [-0.05, 0) is 60.7 Å². The molecule has 47 heavy (non-hydrogen) atoms. The molecule has 3 heterocycles. The number of thiazole rings is 1. The van der Waals surface area contributed by atoms with Gasteiger partial charge in [-0.25, -0.2) is 19.8 Å². The number of non-ortho nitro benzene ring substituents is 1. The number of carbonyl (C=O) groups is 1. The molecule has 14 heteroatoms. The quantitative estimate of drug-likeness (QED) is 0.0858. The van der Waals surface area contributed by atoms with Crippen molar-refractivity contribution in [2.24, 2.45) is 4.99 Å².